The van der Waals surface area contributed by atoms with Gasteiger partial charge in [-0.25, -0.2) is 19.9 Å². The van der Waals surface area contributed by atoms with E-state index in [2.05, 4.69) is 9.97 Å². The number of hydrogen-bond acceptors (Lipinski definition) is 6. The second-order valence-corrected chi connectivity index (χ2v) is 8.27. The van der Waals surface area contributed by atoms with Crippen molar-refractivity contribution < 1.29 is 17.9 Å². The molecule has 0 atom stereocenters. The van der Waals surface area contributed by atoms with Gasteiger partial charge in [0, 0.05) is 36.9 Å². The Morgan fingerprint density at radius 3 is 2.03 bits per heavy atom. The minimum atomic E-state index is -3.67. The van der Waals surface area contributed by atoms with Crippen LogP contribution in [0.15, 0.2) is 24.4 Å². The van der Waals surface area contributed by atoms with Gasteiger partial charge in [0.25, 0.3) is 0 Å². The molecule has 33 heavy (non-hydrogen) atoms. The summed E-state index contributed by atoms with van der Waals surface area (Å²) in [5.41, 5.74) is 5.85. The van der Waals surface area contributed by atoms with Crippen LogP contribution in [0.5, 0.6) is 0 Å². The zero-order valence-corrected chi connectivity index (χ0v) is 19.3. The van der Waals surface area contributed by atoms with E-state index >= 15 is 0 Å². The van der Waals surface area contributed by atoms with Gasteiger partial charge in [0.05, 0.1) is 17.1 Å². The molecule has 1 aliphatic carbocycles. The summed E-state index contributed by atoms with van der Waals surface area (Å²) in [4.78, 5) is 23.1. The fourth-order valence-corrected chi connectivity index (χ4v) is 3.70. The highest BCUT2D eigenvalue weighted by Gasteiger charge is 2.28. The first-order chi connectivity index (χ1) is 15.8. The van der Waals surface area contributed by atoms with E-state index in [1.165, 1.54) is 19.3 Å². The molecule has 1 saturated heterocycles. The molecule has 0 N–H and O–H groups in total. The first kappa shape index (κ1) is 25.0. The van der Waals surface area contributed by atoms with Crippen LogP contribution in [0, 0.1) is 20.8 Å². The monoisotopic (exact) mass is 461 g/mol. The van der Waals surface area contributed by atoms with Crippen LogP contribution in [0.2, 0.25) is 0 Å². The Hall–Kier alpha value is -2.68. The first-order valence-corrected chi connectivity index (χ1v) is 11.3. The second kappa shape index (κ2) is 12.0. The summed E-state index contributed by atoms with van der Waals surface area (Å²) in [5.74, 6) is 1.90. The maximum Gasteiger partial charge on any atom is 0.379 e. The Labute approximate surface area is 192 Å². The van der Waals surface area contributed by atoms with E-state index in [0.717, 1.165) is 65.8 Å². The summed E-state index contributed by atoms with van der Waals surface area (Å²) in [6.07, 6.45) is 7.53. The third-order valence-electron chi connectivity index (χ3n) is 5.88. The van der Waals surface area contributed by atoms with Crippen molar-refractivity contribution in [1.82, 2.24) is 24.9 Å². The average Bonchev–Trinajstić information content (AvgIpc) is 2.75. The van der Waals surface area contributed by atoms with Crippen LogP contribution in [0.4, 0.5) is 13.2 Å². The standard InChI is InChI=1S/C17H22N4O.C6H7N.CHF3/c1-10-11(2)19-17-15(18-10)14(12-4-3-5-12)20-16(21-17)13-6-8-22-9-7-13;1-6-4-2-3-5-7-6;2-1(3)4/h12-13H,3-9H2,1-2H3;2-5H,1H3;1H. The van der Waals surface area contributed by atoms with E-state index in [9.17, 15) is 13.2 Å². The Kier molecular flexibility index (Phi) is 9.05. The van der Waals surface area contributed by atoms with E-state index in [-0.39, 0.29) is 0 Å². The van der Waals surface area contributed by atoms with Gasteiger partial charge in [-0.2, -0.15) is 13.2 Å². The van der Waals surface area contributed by atoms with Crippen molar-refractivity contribution >= 4 is 11.2 Å². The van der Waals surface area contributed by atoms with Gasteiger partial charge in [-0.1, -0.05) is 12.5 Å². The van der Waals surface area contributed by atoms with Crippen LogP contribution in [0.1, 0.15) is 72.5 Å². The number of rotatable bonds is 2. The molecule has 2 aliphatic rings. The lowest BCUT2D eigenvalue weighted by atomic mass is 9.82. The van der Waals surface area contributed by atoms with Crippen molar-refractivity contribution in [2.75, 3.05) is 13.2 Å². The van der Waals surface area contributed by atoms with E-state index in [1.807, 2.05) is 39.0 Å². The Bertz CT molecular complexity index is 1020. The van der Waals surface area contributed by atoms with Crippen molar-refractivity contribution in [1.29, 1.82) is 0 Å². The van der Waals surface area contributed by atoms with Crippen LogP contribution in [0.3, 0.4) is 0 Å². The Balaban J connectivity index is 0.000000231. The lowest BCUT2D eigenvalue weighted by molar-refractivity contribution is 0.00819. The highest BCUT2D eigenvalue weighted by atomic mass is 19.4. The molecular formula is C24H30F3N5O. The molecule has 0 radical (unpaired) electrons. The number of ether oxygens (including phenoxy) is 1. The van der Waals surface area contributed by atoms with Gasteiger partial charge in [-0.05, 0) is 58.6 Å². The van der Waals surface area contributed by atoms with E-state index in [1.54, 1.807) is 6.20 Å². The molecule has 0 spiro atoms. The summed E-state index contributed by atoms with van der Waals surface area (Å²) < 4.78 is 34.5. The van der Waals surface area contributed by atoms with Gasteiger partial charge >= 0.3 is 6.68 Å². The number of fused-ring (bicyclic) bond motifs is 1. The molecular weight excluding hydrogens is 431 g/mol. The lowest BCUT2D eigenvalue weighted by Crippen LogP contribution is -2.20. The quantitative estimate of drug-likeness (QED) is 0.483. The van der Waals surface area contributed by atoms with Crippen molar-refractivity contribution in [2.45, 2.75) is 71.4 Å². The zero-order chi connectivity index (χ0) is 23.8. The fourth-order valence-electron chi connectivity index (χ4n) is 3.70. The Morgan fingerprint density at radius 1 is 0.848 bits per heavy atom. The number of halogens is 3. The molecule has 5 rings (SSSR count). The van der Waals surface area contributed by atoms with E-state index < -0.39 is 6.68 Å². The molecule has 4 heterocycles. The molecule has 1 aliphatic heterocycles. The first-order valence-electron chi connectivity index (χ1n) is 11.3. The highest BCUT2D eigenvalue weighted by molar-refractivity contribution is 5.73. The molecule has 9 heteroatoms. The summed E-state index contributed by atoms with van der Waals surface area (Å²) in [6.45, 7) is 3.94. The second-order valence-electron chi connectivity index (χ2n) is 8.27. The summed E-state index contributed by atoms with van der Waals surface area (Å²) in [5, 5.41) is 0. The Morgan fingerprint density at radius 2 is 1.52 bits per heavy atom. The molecule has 3 aromatic heterocycles. The lowest BCUT2D eigenvalue weighted by Gasteiger charge is -2.27. The van der Waals surface area contributed by atoms with Crippen LogP contribution in [0.25, 0.3) is 11.2 Å². The zero-order valence-electron chi connectivity index (χ0n) is 19.3. The summed E-state index contributed by atoms with van der Waals surface area (Å²) in [7, 11) is 0. The predicted octanol–water partition coefficient (Wildman–Crippen LogP) is 5.77. The van der Waals surface area contributed by atoms with E-state index in [0.29, 0.717) is 11.8 Å². The van der Waals surface area contributed by atoms with Crippen molar-refractivity contribution in [3.63, 3.8) is 0 Å². The number of pyridine rings is 1. The SMILES string of the molecule is Cc1ccccn1.Cc1nc2nc(C3CCOCC3)nc(C3CCC3)c2nc1C.FC(F)F. The molecule has 6 nitrogen and oxygen atoms in total. The van der Waals surface area contributed by atoms with E-state index in [4.69, 9.17) is 19.7 Å². The molecule has 1 saturated carbocycles. The van der Waals surface area contributed by atoms with Gasteiger partial charge in [0.1, 0.15) is 11.3 Å². The molecule has 0 aromatic carbocycles. The molecule has 0 amide bonds. The number of alkyl halides is 3. The van der Waals surface area contributed by atoms with Gasteiger partial charge in [-0.3, -0.25) is 4.98 Å². The van der Waals surface area contributed by atoms with Crippen molar-refractivity contribution in [3.05, 3.63) is 53.0 Å². The van der Waals surface area contributed by atoms with Gasteiger partial charge in [0.2, 0.25) is 0 Å². The summed E-state index contributed by atoms with van der Waals surface area (Å²) in [6, 6.07) is 5.86. The predicted molar refractivity (Wildman–Crippen MR) is 120 cm³/mol. The van der Waals surface area contributed by atoms with Crippen molar-refractivity contribution in [3.8, 4) is 0 Å². The maximum absolute atomic E-state index is 9.67. The van der Waals surface area contributed by atoms with Crippen molar-refractivity contribution in [2.24, 2.45) is 0 Å². The average molecular weight is 462 g/mol. The molecule has 178 valence electrons. The smallest absolute Gasteiger partial charge is 0.379 e. The van der Waals surface area contributed by atoms with Gasteiger partial charge in [0.15, 0.2) is 5.65 Å². The summed E-state index contributed by atoms with van der Waals surface area (Å²) >= 11 is 0. The third-order valence-corrected chi connectivity index (χ3v) is 5.88. The van der Waals surface area contributed by atoms with Crippen LogP contribution >= 0.6 is 0 Å². The fraction of sp³-hybridized carbons (Fsp3) is 0.542. The van der Waals surface area contributed by atoms with Gasteiger partial charge < -0.3 is 4.74 Å². The normalized spacial score (nSPS) is 16.5. The highest BCUT2D eigenvalue weighted by Crippen LogP contribution is 2.38. The van der Waals surface area contributed by atoms with Crippen LogP contribution < -0.4 is 0 Å². The third kappa shape index (κ3) is 7.15. The number of nitrogens with zero attached hydrogens (tertiary/aromatic N) is 5. The molecule has 2 fully saturated rings. The molecule has 0 unspecified atom stereocenters. The number of aryl methyl sites for hydroxylation is 3. The molecule has 3 aromatic rings. The number of aromatic nitrogens is 5. The van der Waals surface area contributed by atoms with Crippen LogP contribution in [-0.4, -0.2) is 44.8 Å². The van der Waals surface area contributed by atoms with Gasteiger partial charge in [-0.15, -0.1) is 0 Å². The molecule has 0 bridgehead atoms. The largest absolute Gasteiger partial charge is 0.381 e. The number of hydrogen-bond donors (Lipinski definition) is 0. The maximum atomic E-state index is 9.67. The minimum Gasteiger partial charge on any atom is -0.381 e. The topological polar surface area (TPSA) is 73.7 Å². The van der Waals surface area contributed by atoms with Crippen LogP contribution in [-0.2, 0) is 4.74 Å². The minimum absolute atomic E-state index is 0.403.